The zero-order valence-corrected chi connectivity index (χ0v) is 14.4. The van der Waals surface area contributed by atoms with Gasteiger partial charge in [-0.05, 0) is 12.1 Å². The summed E-state index contributed by atoms with van der Waals surface area (Å²) < 4.78 is 6.47. The first kappa shape index (κ1) is 17.7. The number of para-hydroxylation sites is 1. The van der Waals surface area contributed by atoms with Crippen LogP contribution in [0.4, 0.5) is 0 Å². The predicted octanol–water partition coefficient (Wildman–Crippen LogP) is -0.293. The number of fused-ring (bicyclic) bond motifs is 2. The Kier molecular flexibility index (Phi) is 4.45. The highest BCUT2D eigenvalue weighted by molar-refractivity contribution is 7.19. The van der Waals surface area contributed by atoms with Crippen LogP contribution in [0.15, 0.2) is 39.5 Å². The lowest BCUT2D eigenvalue weighted by Crippen LogP contribution is -2.35. The number of hydrogen-bond donors (Lipinski definition) is 4. The first-order chi connectivity index (χ1) is 13.0. The van der Waals surface area contributed by atoms with Gasteiger partial charge in [0, 0.05) is 5.39 Å². The average Bonchev–Trinajstić information content (AvgIpc) is 3.26. The van der Waals surface area contributed by atoms with Gasteiger partial charge < -0.3 is 24.8 Å². The topological polar surface area (TPSA) is 154 Å². The molecular weight excluding hydrogens is 376 g/mol. The quantitative estimate of drug-likeness (QED) is 0.336. The molecule has 0 fully saturated rings. The Balaban J connectivity index is 1.78. The summed E-state index contributed by atoms with van der Waals surface area (Å²) in [6, 6.07) is 8.69. The third kappa shape index (κ3) is 3.01. The number of aliphatic hydroxyl groups is 4. The molecule has 3 heterocycles. The molecule has 0 spiro atoms. The van der Waals surface area contributed by atoms with Crippen LogP contribution in [0.3, 0.4) is 0 Å². The van der Waals surface area contributed by atoms with Gasteiger partial charge >= 0.3 is 5.63 Å². The summed E-state index contributed by atoms with van der Waals surface area (Å²) in [6.45, 7) is -0.735. The molecule has 10 nitrogen and oxygen atoms in total. The normalized spacial score (nSPS) is 15.3. The molecular formula is C16H14N4O6S. The molecule has 0 saturated heterocycles. The van der Waals surface area contributed by atoms with Crippen LogP contribution in [-0.2, 0) is 0 Å². The number of rotatable bonds is 5. The number of nitrogens with zero attached hydrogens (tertiary/aromatic N) is 4. The summed E-state index contributed by atoms with van der Waals surface area (Å²) in [6.07, 6.45) is -4.87. The van der Waals surface area contributed by atoms with E-state index in [1.54, 1.807) is 24.3 Å². The number of aromatic nitrogens is 4. The van der Waals surface area contributed by atoms with Crippen LogP contribution in [0.25, 0.3) is 26.5 Å². The highest BCUT2D eigenvalue weighted by Crippen LogP contribution is 2.27. The van der Waals surface area contributed by atoms with Crippen LogP contribution >= 0.6 is 11.3 Å². The molecule has 1 aromatic carbocycles. The molecule has 27 heavy (non-hydrogen) atoms. The van der Waals surface area contributed by atoms with Crippen LogP contribution in [0, 0.1) is 0 Å². The molecule has 3 aromatic heterocycles. The van der Waals surface area contributed by atoms with E-state index in [4.69, 9.17) is 9.52 Å². The van der Waals surface area contributed by atoms with E-state index in [9.17, 15) is 20.1 Å². The Morgan fingerprint density at radius 3 is 2.74 bits per heavy atom. The maximum atomic E-state index is 12.3. The largest absolute Gasteiger partial charge is 0.422 e. The minimum absolute atomic E-state index is 0.127. The SMILES string of the molecule is O=c1oc2ccccc2cc1-c1nn2c([C@@H](O)[C@@H](O)[C@H](O)CO)nnc2s1. The van der Waals surface area contributed by atoms with Crippen LogP contribution in [0.2, 0.25) is 0 Å². The molecule has 4 aromatic rings. The van der Waals surface area contributed by atoms with Crippen LogP contribution < -0.4 is 5.63 Å². The molecule has 0 saturated carbocycles. The lowest BCUT2D eigenvalue weighted by Gasteiger charge is -2.19. The minimum atomic E-state index is -1.68. The maximum Gasteiger partial charge on any atom is 0.346 e. The molecule has 0 bridgehead atoms. The second-order valence-corrected chi connectivity index (χ2v) is 6.79. The molecule has 3 atom stereocenters. The van der Waals surface area contributed by atoms with E-state index in [0.29, 0.717) is 10.6 Å². The summed E-state index contributed by atoms with van der Waals surface area (Å²) in [7, 11) is 0. The van der Waals surface area contributed by atoms with Gasteiger partial charge in [0.05, 0.1) is 12.2 Å². The molecule has 0 amide bonds. The fourth-order valence-corrected chi connectivity index (χ4v) is 3.46. The Morgan fingerprint density at radius 1 is 1.19 bits per heavy atom. The van der Waals surface area contributed by atoms with E-state index in [1.165, 1.54) is 4.52 Å². The first-order valence-electron chi connectivity index (χ1n) is 7.90. The van der Waals surface area contributed by atoms with Crippen molar-refractivity contribution >= 4 is 27.3 Å². The molecule has 0 aliphatic carbocycles. The third-order valence-corrected chi connectivity index (χ3v) is 4.99. The van der Waals surface area contributed by atoms with Gasteiger partial charge in [0.15, 0.2) is 10.8 Å². The molecule has 0 aliphatic rings. The standard InChI is InChI=1S/C16H14N4O6S/c21-6-9(22)11(23)12(24)13-17-18-16-20(13)19-14(27-16)8-5-7-3-1-2-4-10(7)26-15(8)25/h1-5,9,11-12,21-24H,6H2/t9-,11+,12+/m1/s1. The van der Waals surface area contributed by atoms with Crippen LogP contribution in [0.5, 0.6) is 0 Å². The zero-order chi connectivity index (χ0) is 19.1. The number of benzene rings is 1. The summed E-state index contributed by atoms with van der Waals surface area (Å²) in [5, 5.41) is 51.4. The van der Waals surface area contributed by atoms with Crippen molar-refractivity contribution in [2.75, 3.05) is 6.61 Å². The van der Waals surface area contributed by atoms with E-state index in [-0.39, 0.29) is 16.3 Å². The zero-order valence-electron chi connectivity index (χ0n) is 13.6. The fraction of sp³-hybridized carbons (Fsp3) is 0.250. The van der Waals surface area contributed by atoms with E-state index >= 15 is 0 Å². The molecule has 140 valence electrons. The van der Waals surface area contributed by atoms with Gasteiger partial charge in [-0.15, -0.1) is 10.2 Å². The lowest BCUT2D eigenvalue weighted by atomic mass is 10.1. The van der Waals surface area contributed by atoms with Crippen molar-refractivity contribution in [3.8, 4) is 10.6 Å². The lowest BCUT2D eigenvalue weighted by molar-refractivity contribution is -0.0808. The highest BCUT2D eigenvalue weighted by Gasteiger charge is 2.30. The average molecular weight is 390 g/mol. The Morgan fingerprint density at radius 2 is 1.96 bits per heavy atom. The van der Waals surface area contributed by atoms with Crippen molar-refractivity contribution in [2.24, 2.45) is 0 Å². The van der Waals surface area contributed by atoms with Crippen LogP contribution in [-0.4, -0.2) is 59.1 Å². The van der Waals surface area contributed by atoms with Crippen molar-refractivity contribution in [3.63, 3.8) is 0 Å². The summed E-state index contributed by atoms with van der Waals surface area (Å²) >= 11 is 1.05. The molecule has 0 unspecified atom stereocenters. The van der Waals surface area contributed by atoms with Crippen molar-refractivity contribution < 1.29 is 24.8 Å². The number of aliphatic hydroxyl groups excluding tert-OH is 4. The predicted molar refractivity (Wildman–Crippen MR) is 94.2 cm³/mol. The van der Waals surface area contributed by atoms with Gasteiger partial charge in [0.25, 0.3) is 0 Å². The Labute approximate surface area is 154 Å². The van der Waals surface area contributed by atoms with Gasteiger partial charge in [-0.3, -0.25) is 0 Å². The van der Waals surface area contributed by atoms with Gasteiger partial charge in [-0.25, -0.2) is 4.79 Å². The van der Waals surface area contributed by atoms with E-state index < -0.39 is 30.5 Å². The minimum Gasteiger partial charge on any atom is -0.422 e. The molecule has 4 rings (SSSR count). The Hall–Kier alpha value is -2.70. The third-order valence-electron chi connectivity index (χ3n) is 4.06. The van der Waals surface area contributed by atoms with Gasteiger partial charge in [0.1, 0.15) is 23.9 Å². The van der Waals surface area contributed by atoms with Gasteiger partial charge in [-0.2, -0.15) is 9.61 Å². The second kappa shape index (κ2) is 6.79. The van der Waals surface area contributed by atoms with Crippen LogP contribution in [0.1, 0.15) is 11.9 Å². The summed E-state index contributed by atoms with van der Waals surface area (Å²) in [5.74, 6) is -0.127. The van der Waals surface area contributed by atoms with E-state index in [1.807, 2.05) is 6.07 Å². The second-order valence-electron chi connectivity index (χ2n) is 5.83. The molecule has 4 N–H and O–H groups in total. The monoisotopic (exact) mass is 390 g/mol. The Bertz CT molecular complexity index is 1170. The van der Waals surface area contributed by atoms with Gasteiger partial charge in [-0.1, -0.05) is 29.5 Å². The summed E-state index contributed by atoms with van der Waals surface area (Å²) in [5.41, 5.74) is 0.101. The van der Waals surface area contributed by atoms with Crippen molar-refractivity contribution in [1.29, 1.82) is 0 Å². The maximum absolute atomic E-state index is 12.3. The van der Waals surface area contributed by atoms with Gasteiger partial charge in [0.2, 0.25) is 4.96 Å². The first-order valence-corrected chi connectivity index (χ1v) is 8.71. The molecule has 0 radical (unpaired) electrons. The van der Waals surface area contributed by atoms with E-state index in [0.717, 1.165) is 16.7 Å². The molecule has 0 aliphatic heterocycles. The van der Waals surface area contributed by atoms with Crippen molar-refractivity contribution in [3.05, 3.63) is 46.6 Å². The van der Waals surface area contributed by atoms with Crippen molar-refractivity contribution in [2.45, 2.75) is 18.3 Å². The van der Waals surface area contributed by atoms with Crippen molar-refractivity contribution in [1.82, 2.24) is 19.8 Å². The smallest absolute Gasteiger partial charge is 0.346 e. The number of hydrogen-bond acceptors (Lipinski definition) is 10. The molecule has 11 heteroatoms. The van der Waals surface area contributed by atoms with E-state index in [2.05, 4.69) is 15.3 Å². The fourth-order valence-electron chi connectivity index (χ4n) is 2.61. The summed E-state index contributed by atoms with van der Waals surface area (Å²) in [4.78, 5) is 12.6. The highest BCUT2D eigenvalue weighted by atomic mass is 32.1.